The molecule has 0 N–H and O–H groups in total. The molecule has 0 aromatic heterocycles. The van der Waals surface area contributed by atoms with Crippen LogP contribution in [0.3, 0.4) is 0 Å². The van der Waals surface area contributed by atoms with Gasteiger partial charge in [-0.05, 0) is 52.9 Å². The minimum Gasteiger partial charge on any atom is -0.493 e. The lowest BCUT2D eigenvalue weighted by Gasteiger charge is -2.38. The molecule has 6 heteroatoms. The molecular weight excluding hydrogens is 432 g/mol. The van der Waals surface area contributed by atoms with Crippen molar-refractivity contribution in [2.24, 2.45) is 0 Å². The average Bonchev–Trinajstić information content (AvgIpc) is 2.85. The maximum atomic E-state index is 12.6. The van der Waals surface area contributed by atoms with Crippen LogP contribution in [0.25, 0.3) is 16.8 Å². The Morgan fingerprint density at radius 2 is 1.62 bits per heavy atom. The quantitative estimate of drug-likeness (QED) is 0.283. The summed E-state index contributed by atoms with van der Waals surface area (Å²) in [6.45, 7) is 0.374. The maximum Gasteiger partial charge on any atom is 0.348 e. The lowest BCUT2D eigenvalue weighted by Crippen LogP contribution is -2.47. The number of fused-ring (bicyclic) bond motifs is 1. The van der Waals surface area contributed by atoms with Gasteiger partial charge in [-0.15, -0.1) is 0 Å². The van der Waals surface area contributed by atoms with E-state index in [4.69, 9.17) is 18.9 Å². The lowest BCUT2D eigenvalue weighted by atomic mass is 9.93. The molecule has 2 aliphatic rings. The van der Waals surface area contributed by atoms with Gasteiger partial charge in [0, 0.05) is 12.8 Å². The predicted octanol–water partition coefficient (Wildman–Crippen LogP) is 5.57. The fourth-order valence-corrected chi connectivity index (χ4v) is 4.60. The second kappa shape index (κ2) is 9.21. The fraction of sp³-hybridized carbons (Fsp3) is 0.286. The lowest BCUT2D eigenvalue weighted by molar-refractivity contribution is -0.244. The predicted molar refractivity (Wildman–Crippen MR) is 127 cm³/mol. The summed E-state index contributed by atoms with van der Waals surface area (Å²) in [5, 5.41) is 2.29. The maximum absolute atomic E-state index is 12.6. The Morgan fingerprint density at radius 3 is 2.38 bits per heavy atom. The first-order valence-electron chi connectivity index (χ1n) is 11.5. The molecule has 0 radical (unpaired) electrons. The van der Waals surface area contributed by atoms with Crippen LogP contribution in [0.15, 0.2) is 66.2 Å². The van der Waals surface area contributed by atoms with Crippen molar-refractivity contribution in [3.63, 3.8) is 0 Å². The molecule has 174 valence electrons. The van der Waals surface area contributed by atoms with Gasteiger partial charge in [0.25, 0.3) is 5.79 Å². The van der Waals surface area contributed by atoms with Crippen LogP contribution in [0.4, 0.5) is 0 Å². The molecule has 0 bridgehead atoms. The number of methoxy groups -OCH3 is 1. The number of benzene rings is 3. The molecule has 0 unspecified atom stereocenters. The van der Waals surface area contributed by atoms with Gasteiger partial charge in [-0.25, -0.2) is 9.59 Å². The number of carbonyl (C=O) groups is 2. The van der Waals surface area contributed by atoms with E-state index in [1.165, 1.54) is 6.08 Å². The van der Waals surface area contributed by atoms with Gasteiger partial charge in [0.15, 0.2) is 11.5 Å². The zero-order chi connectivity index (χ0) is 23.5. The van der Waals surface area contributed by atoms with E-state index in [9.17, 15) is 9.59 Å². The normalized spacial score (nSPS) is 17.3. The number of carbonyl (C=O) groups excluding carboxylic acids is 2. The topological polar surface area (TPSA) is 71.1 Å². The number of rotatable bonds is 5. The summed E-state index contributed by atoms with van der Waals surface area (Å²) >= 11 is 0. The van der Waals surface area contributed by atoms with E-state index in [1.54, 1.807) is 25.3 Å². The second-order valence-corrected chi connectivity index (χ2v) is 8.65. The Balaban J connectivity index is 1.34. The number of hydrogen-bond donors (Lipinski definition) is 0. The van der Waals surface area contributed by atoms with E-state index in [0.717, 1.165) is 35.6 Å². The summed E-state index contributed by atoms with van der Waals surface area (Å²) in [5.41, 5.74) is 1.55. The van der Waals surface area contributed by atoms with Gasteiger partial charge in [0.2, 0.25) is 0 Å². The first-order valence-corrected chi connectivity index (χ1v) is 11.5. The van der Waals surface area contributed by atoms with Crippen molar-refractivity contribution in [1.29, 1.82) is 0 Å². The third kappa shape index (κ3) is 4.36. The minimum absolute atomic E-state index is 0.123. The molecule has 3 aromatic rings. The summed E-state index contributed by atoms with van der Waals surface area (Å²) in [7, 11) is 1.55. The molecule has 5 rings (SSSR count). The average molecular weight is 459 g/mol. The van der Waals surface area contributed by atoms with Crippen LogP contribution in [-0.2, 0) is 25.7 Å². The van der Waals surface area contributed by atoms with Crippen molar-refractivity contribution < 1.29 is 28.5 Å². The Morgan fingerprint density at radius 1 is 0.882 bits per heavy atom. The van der Waals surface area contributed by atoms with Crippen molar-refractivity contribution in [2.45, 2.75) is 44.5 Å². The van der Waals surface area contributed by atoms with Crippen molar-refractivity contribution in [1.82, 2.24) is 0 Å². The molecule has 0 atom stereocenters. The molecule has 1 heterocycles. The van der Waals surface area contributed by atoms with Gasteiger partial charge in [0.05, 0.1) is 7.11 Å². The van der Waals surface area contributed by atoms with E-state index in [-0.39, 0.29) is 5.57 Å². The second-order valence-electron chi connectivity index (χ2n) is 8.65. The van der Waals surface area contributed by atoms with Gasteiger partial charge >= 0.3 is 11.9 Å². The third-order valence-corrected chi connectivity index (χ3v) is 6.37. The zero-order valence-corrected chi connectivity index (χ0v) is 19.0. The molecular formula is C28H26O6. The number of hydrogen-bond acceptors (Lipinski definition) is 6. The van der Waals surface area contributed by atoms with Gasteiger partial charge in [-0.1, -0.05) is 55.0 Å². The Kier molecular flexibility index (Phi) is 5.97. The smallest absolute Gasteiger partial charge is 0.348 e. The fourth-order valence-electron chi connectivity index (χ4n) is 4.60. The van der Waals surface area contributed by atoms with Gasteiger partial charge in [-0.3, -0.25) is 0 Å². The Bertz CT molecular complexity index is 1240. The van der Waals surface area contributed by atoms with Crippen LogP contribution in [0, 0.1) is 0 Å². The molecule has 1 aliphatic heterocycles. The van der Waals surface area contributed by atoms with Gasteiger partial charge in [-0.2, -0.15) is 0 Å². The summed E-state index contributed by atoms with van der Waals surface area (Å²) in [6.07, 6.45) is 5.36. The van der Waals surface area contributed by atoms with Gasteiger partial charge < -0.3 is 18.9 Å². The van der Waals surface area contributed by atoms with E-state index >= 15 is 0 Å². The molecule has 6 nitrogen and oxygen atoms in total. The summed E-state index contributed by atoms with van der Waals surface area (Å²) in [5.74, 6) is -1.33. The highest BCUT2D eigenvalue weighted by Gasteiger charge is 2.46. The highest BCUT2D eigenvalue weighted by atomic mass is 16.7. The van der Waals surface area contributed by atoms with Gasteiger partial charge in [0.1, 0.15) is 12.2 Å². The first-order chi connectivity index (χ1) is 16.6. The SMILES string of the molecule is COc1cc(C=C2C(=O)OC3(CCCCC3)OC2=O)ccc1OCc1cccc2ccccc12. The van der Waals surface area contributed by atoms with Crippen LogP contribution in [-0.4, -0.2) is 24.8 Å². The summed E-state index contributed by atoms with van der Waals surface area (Å²) in [6, 6.07) is 19.5. The summed E-state index contributed by atoms with van der Waals surface area (Å²) < 4.78 is 22.7. The monoisotopic (exact) mass is 458 g/mol. The van der Waals surface area contributed by atoms with Crippen LogP contribution in [0.2, 0.25) is 0 Å². The third-order valence-electron chi connectivity index (χ3n) is 6.37. The molecule has 1 saturated heterocycles. The number of esters is 2. The van der Waals surface area contributed by atoms with Crippen molar-refractivity contribution in [3.8, 4) is 11.5 Å². The largest absolute Gasteiger partial charge is 0.493 e. The molecule has 1 spiro atoms. The van der Waals surface area contributed by atoms with E-state index in [0.29, 0.717) is 36.5 Å². The molecule has 2 fully saturated rings. The molecule has 34 heavy (non-hydrogen) atoms. The molecule has 1 aliphatic carbocycles. The van der Waals surface area contributed by atoms with Crippen LogP contribution in [0.1, 0.15) is 43.2 Å². The van der Waals surface area contributed by atoms with Crippen LogP contribution in [0.5, 0.6) is 11.5 Å². The van der Waals surface area contributed by atoms with E-state index in [2.05, 4.69) is 18.2 Å². The highest BCUT2D eigenvalue weighted by Crippen LogP contribution is 2.38. The molecule has 0 amide bonds. The van der Waals surface area contributed by atoms with Crippen LogP contribution < -0.4 is 9.47 Å². The highest BCUT2D eigenvalue weighted by molar-refractivity contribution is 6.18. The number of ether oxygens (including phenoxy) is 4. The zero-order valence-electron chi connectivity index (χ0n) is 19.0. The van der Waals surface area contributed by atoms with Crippen molar-refractivity contribution in [3.05, 3.63) is 77.4 Å². The van der Waals surface area contributed by atoms with Crippen LogP contribution >= 0.6 is 0 Å². The molecule has 1 saturated carbocycles. The van der Waals surface area contributed by atoms with E-state index in [1.807, 2.05) is 24.3 Å². The van der Waals surface area contributed by atoms with E-state index < -0.39 is 17.7 Å². The Hall–Kier alpha value is -3.80. The standard InChI is InChI=1S/C28H26O6/c1-31-25-17-19(16-23-26(29)33-28(34-27(23)30)14-5-2-6-15-28)12-13-24(25)32-18-21-10-7-9-20-8-3-4-11-22(20)21/h3-4,7-13,16-17H,2,5-6,14-15,18H2,1H3. The first kappa shape index (κ1) is 22.0. The van der Waals surface area contributed by atoms with Crippen molar-refractivity contribution >= 4 is 28.8 Å². The Labute approximate surface area is 198 Å². The minimum atomic E-state index is -1.10. The van der Waals surface area contributed by atoms with Crippen molar-refractivity contribution in [2.75, 3.05) is 7.11 Å². The molecule has 3 aromatic carbocycles. The summed E-state index contributed by atoms with van der Waals surface area (Å²) in [4.78, 5) is 25.2.